The fourth-order valence-corrected chi connectivity index (χ4v) is 4.54. The Hall–Kier alpha value is -3.09. The van der Waals surface area contributed by atoms with E-state index >= 15 is 0 Å². The first kappa shape index (κ1) is 21.6. The number of thiophene rings is 1. The summed E-state index contributed by atoms with van der Waals surface area (Å²) in [6, 6.07) is 11.9. The number of rotatable bonds is 5. The van der Waals surface area contributed by atoms with Gasteiger partial charge in [0.05, 0.1) is 16.9 Å². The summed E-state index contributed by atoms with van der Waals surface area (Å²) in [6.45, 7) is 0. The molecular formula is C18H14F2N4O3S3. The normalized spacial score (nSPS) is 10.9. The van der Waals surface area contributed by atoms with Crippen LogP contribution in [0.25, 0.3) is 0 Å². The minimum atomic E-state index is -3.85. The number of thiocarbonyl (C=S) groups is 1. The molecule has 0 unspecified atom stereocenters. The fraction of sp³-hybridized carbons (Fsp3) is 0. The van der Waals surface area contributed by atoms with Crippen molar-refractivity contribution >= 4 is 56.0 Å². The van der Waals surface area contributed by atoms with Crippen LogP contribution in [0, 0.1) is 11.6 Å². The maximum Gasteiger partial charge on any atom is 0.271 e. The molecule has 1 amide bonds. The molecule has 30 heavy (non-hydrogen) atoms. The number of sulfonamides is 1. The lowest BCUT2D eigenvalue weighted by Crippen LogP contribution is -2.44. The van der Waals surface area contributed by atoms with Crippen LogP contribution in [0.4, 0.5) is 20.2 Å². The predicted octanol–water partition coefficient (Wildman–Crippen LogP) is 3.46. The van der Waals surface area contributed by atoms with Gasteiger partial charge in [-0.1, -0.05) is 18.2 Å². The smallest absolute Gasteiger partial charge is 0.271 e. The van der Waals surface area contributed by atoms with Crippen molar-refractivity contribution in [2.45, 2.75) is 4.21 Å². The molecule has 0 aliphatic carbocycles. The van der Waals surface area contributed by atoms with E-state index in [0.717, 1.165) is 23.5 Å². The lowest BCUT2D eigenvalue weighted by molar-refractivity contribution is 0.0945. The molecule has 4 N–H and O–H groups in total. The summed E-state index contributed by atoms with van der Waals surface area (Å²) < 4.78 is 53.9. The summed E-state index contributed by atoms with van der Waals surface area (Å²) in [4.78, 5) is 12.5. The van der Waals surface area contributed by atoms with Crippen molar-refractivity contribution in [3.63, 3.8) is 0 Å². The highest BCUT2D eigenvalue weighted by Gasteiger charge is 2.19. The molecule has 7 nitrogen and oxygen atoms in total. The Bertz CT molecular complexity index is 1190. The van der Waals surface area contributed by atoms with Crippen molar-refractivity contribution in [2.24, 2.45) is 0 Å². The highest BCUT2D eigenvalue weighted by Crippen LogP contribution is 2.22. The Kier molecular flexibility index (Phi) is 6.59. The predicted molar refractivity (Wildman–Crippen MR) is 115 cm³/mol. The molecule has 0 aliphatic rings. The Labute approximate surface area is 180 Å². The lowest BCUT2D eigenvalue weighted by Gasteiger charge is -2.14. The van der Waals surface area contributed by atoms with Crippen LogP contribution in [0.1, 0.15) is 10.4 Å². The molecule has 0 radical (unpaired) electrons. The maximum absolute atomic E-state index is 13.7. The number of carbonyl (C=O) groups excluding carboxylic acids is 1. The minimum absolute atomic E-state index is 0.0286. The van der Waals surface area contributed by atoms with E-state index in [1.54, 1.807) is 23.6 Å². The average Bonchev–Trinajstić information content (AvgIpc) is 3.24. The Morgan fingerprint density at radius 2 is 1.73 bits per heavy atom. The van der Waals surface area contributed by atoms with Crippen molar-refractivity contribution < 1.29 is 22.0 Å². The van der Waals surface area contributed by atoms with Crippen LogP contribution in [0.5, 0.6) is 0 Å². The number of hydrogen-bond donors (Lipinski definition) is 4. The first-order chi connectivity index (χ1) is 14.3. The molecule has 0 saturated heterocycles. The molecule has 1 aromatic heterocycles. The summed E-state index contributed by atoms with van der Waals surface area (Å²) in [5.74, 6) is -2.30. The van der Waals surface area contributed by atoms with Gasteiger partial charge in [-0.25, -0.2) is 17.2 Å². The first-order valence-corrected chi connectivity index (χ1v) is 11.0. The van der Waals surface area contributed by atoms with Gasteiger partial charge >= 0.3 is 0 Å². The third kappa shape index (κ3) is 5.28. The number of benzene rings is 2. The van der Waals surface area contributed by atoms with E-state index in [2.05, 4.69) is 20.9 Å². The van der Waals surface area contributed by atoms with E-state index in [1.807, 2.05) is 0 Å². The van der Waals surface area contributed by atoms with E-state index in [-0.39, 0.29) is 26.3 Å². The Morgan fingerprint density at radius 1 is 0.967 bits per heavy atom. The summed E-state index contributed by atoms with van der Waals surface area (Å²) >= 11 is 6.00. The second kappa shape index (κ2) is 9.15. The zero-order valence-corrected chi connectivity index (χ0v) is 17.4. The lowest BCUT2D eigenvalue weighted by atomic mass is 10.2. The van der Waals surface area contributed by atoms with E-state index in [1.165, 1.54) is 18.2 Å². The first-order valence-electron chi connectivity index (χ1n) is 8.24. The SMILES string of the molecule is O=C(NNC(=S)Nc1ccc(F)cc1F)c1ccccc1NS(=O)(=O)c1cccs1. The second-order valence-corrected chi connectivity index (χ2v) is 9.01. The number of nitrogens with one attached hydrogen (secondary N) is 4. The number of anilines is 2. The number of halogens is 2. The molecular weight excluding hydrogens is 454 g/mol. The van der Waals surface area contributed by atoms with Gasteiger partial charge in [0.25, 0.3) is 15.9 Å². The standard InChI is InChI=1S/C18H14F2N4O3S3/c19-11-7-8-15(13(20)10-11)21-18(28)23-22-17(25)12-4-1-2-5-14(12)24-30(26,27)16-6-3-9-29-16/h1-10,24H,(H,22,25)(H2,21,23,28). The van der Waals surface area contributed by atoms with Crippen LogP contribution < -0.4 is 20.9 Å². The minimum Gasteiger partial charge on any atom is -0.329 e. The summed E-state index contributed by atoms with van der Waals surface area (Å²) in [6.07, 6.45) is 0. The third-order valence-corrected chi connectivity index (χ3v) is 6.61. The number of para-hydroxylation sites is 1. The monoisotopic (exact) mass is 468 g/mol. The van der Waals surface area contributed by atoms with Gasteiger partial charge in [-0.2, -0.15) is 0 Å². The van der Waals surface area contributed by atoms with Crippen molar-refractivity contribution in [1.29, 1.82) is 0 Å². The van der Waals surface area contributed by atoms with Crippen LogP contribution in [-0.4, -0.2) is 19.4 Å². The quantitative estimate of drug-likeness (QED) is 0.338. The molecule has 156 valence electrons. The van der Waals surface area contributed by atoms with E-state index in [4.69, 9.17) is 12.2 Å². The summed E-state index contributed by atoms with van der Waals surface area (Å²) in [5, 5.41) is 3.93. The van der Waals surface area contributed by atoms with Crippen molar-refractivity contribution in [2.75, 3.05) is 10.0 Å². The van der Waals surface area contributed by atoms with Gasteiger partial charge in [0.15, 0.2) is 5.11 Å². The van der Waals surface area contributed by atoms with Crippen molar-refractivity contribution in [3.8, 4) is 0 Å². The van der Waals surface area contributed by atoms with Gasteiger partial charge in [0, 0.05) is 6.07 Å². The van der Waals surface area contributed by atoms with E-state index in [0.29, 0.717) is 6.07 Å². The molecule has 0 atom stereocenters. The molecule has 0 spiro atoms. The molecule has 3 rings (SSSR count). The largest absolute Gasteiger partial charge is 0.329 e. The molecule has 12 heteroatoms. The van der Waals surface area contributed by atoms with Crippen molar-refractivity contribution in [1.82, 2.24) is 10.9 Å². The highest BCUT2D eigenvalue weighted by molar-refractivity contribution is 7.94. The van der Waals surface area contributed by atoms with Crippen molar-refractivity contribution in [3.05, 3.63) is 77.2 Å². The van der Waals surface area contributed by atoms with E-state index < -0.39 is 27.6 Å². The van der Waals surface area contributed by atoms with Crippen LogP contribution >= 0.6 is 23.6 Å². The van der Waals surface area contributed by atoms with Crippen LogP contribution in [0.3, 0.4) is 0 Å². The van der Waals surface area contributed by atoms with Gasteiger partial charge < -0.3 is 5.32 Å². The van der Waals surface area contributed by atoms with Crippen LogP contribution in [-0.2, 0) is 10.0 Å². The number of carbonyl (C=O) groups is 1. The molecule has 0 fully saturated rings. The highest BCUT2D eigenvalue weighted by atomic mass is 32.2. The van der Waals surface area contributed by atoms with Gasteiger partial charge in [0.2, 0.25) is 0 Å². The molecule has 2 aromatic carbocycles. The zero-order valence-electron chi connectivity index (χ0n) is 15.0. The van der Waals surface area contributed by atoms with Gasteiger partial charge in [-0.05, 0) is 47.9 Å². The van der Waals surface area contributed by atoms with Gasteiger partial charge in [0.1, 0.15) is 15.8 Å². The molecule has 3 aromatic rings. The zero-order chi connectivity index (χ0) is 21.7. The number of hydrogen-bond acceptors (Lipinski definition) is 5. The fourth-order valence-electron chi connectivity index (χ4n) is 2.31. The number of amides is 1. The maximum atomic E-state index is 13.7. The average molecular weight is 469 g/mol. The summed E-state index contributed by atoms with van der Waals surface area (Å²) in [5.41, 5.74) is 4.67. The number of hydrazine groups is 1. The molecule has 1 heterocycles. The third-order valence-electron chi connectivity index (χ3n) is 3.64. The Balaban J connectivity index is 1.66. The topological polar surface area (TPSA) is 99.3 Å². The van der Waals surface area contributed by atoms with Gasteiger partial charge in [-0.3, -0.25) is 20.4 Å². The second-order valence-electron chi connectivity index (χ2n) is 5.74. The molecule has 0 aliphatic heterocycles. The Morgan fingerprint density at radius 3 is 2.43 bits per heavy atom. The molecule has 0 bridgehead atoms. The van der Waals surface area contributed by atoms with Crippen LogP contribution in [0.15, 0.2) is 64.2 Å². The van der Waals surface area contributed by atoms with Gasteiger partial charge in [-0.15, -0.1) is 11.3 Å². The van der Waals surface area contributed by atoms with E-state index in [9.17, 15) is 22.0 Å². The summed E-state index contributed by atoms with van der Waals surface area (Å²) in [7, 11) is -3.85. The molecule has 0 saturated carbocycles. The van der Waals surface area contributed by atoms with Crippen LogP contribution in [0.2, 0.25) is 0 Å².